The molecule has 0 fully saturated rings. The van der Waals surface area contributed by atoms with Crippen molar-refractivity contribution < 1.29 is 59.1 Å². The van der Waals surface area contributed by atoms with E-state index in [1.54, 1.807) is 64.2 Å². The maximum atomic E-state index is 13.1. The number of aliphatic hydroxyl groups is 1. The number of hydrogen-bond donors (Lipinski definition) is 9. The van der Waals surface area contributed by atoms with Gasteiger partial charge in [-0.25, -0.2) is 24.6 Å². The second-order valence-electron chi connectivity index (χ2n) is 15.1. The topological polar surface area (TPSA) is 298 Å². The summed E-state index contributed by atoms with van der Waals surface area (Å²) in [6.45, 7) is 13.2. The Labute approximate surface area is 361 Å². The van der Waals surface area contributed by atoms with Crippen LogP contribution >= 0.6 is 0 Å². The summed E-state index contributed by atoms with van der Waals surface area (Å²) < 4.78 is 0. The van der Waals surface area contributed by atoms with Crippen LogP contribution < -0.4 is 21.4 Å². The second-order valence-corrected chi connectivity index (χ2v) is 15.1. The molecule has 9 N–H and O–H groups in total. The van der Waals surface area contributed by atoms with E-state index in [0.29, 0.717) is 85.7 Å². The van der Waals surface area contributed by atoms with Crippen molar-refractivity contribution in [3.63, 3.8) is 0 Å². The minimum Gasteiger partial charge on any atom is -0.481 e. The second kappa shape index (κ2) is 19.6. The molecular formula is C44H49N7O12. The van der Waals surface area contributed by atoms with Crippen LogP contribution in [0.2, 0.25) is 0 Å². The first kappa shape index (κ1) is 46.8. The molecule has 3 unspecified atom stereocenters. The van der Waals surface area contributed by atoms with Gasteiger partial charge < -0.3 is 41.5 Å². The Bertz CT molecular complexity index is 2450. The van der Waals surface area contributed by atoms with Crippen molar-refractivity contribution in [1.29, 1.82) is 0 Å². The van der Waals surface area contributed by atoms with Gasteiger partial charge in [-0.2, -0.15) is 0 Å². The molecule has 0 aromatic carbocycles. The Morgan fingerprint density at radius 2 is 1.30 bits per heavy atom. The average molecular weight is 868 g/mol. The van der Waals surface area contributed by atoms with Crippen molar-refractivity contribution in [1.82, 2.24) is 21.4 Å². The summed E-state index contributed by atoms with van der Waals surface area (Å²) >= 11 is 0. The van der Waals surface area contributed by atoms with Gasteiger partial charge in [-0.1, -0.05) is 12.7 Å². The van der Waals surface area contributed by atoms with Crippen LogP contribution in [0.25, 0.3) is 0 Å². The SMILES string of the molecule is C=CC1=C(C)C2=CC3=NC(=CC4=NC(=CC5=C(/C=C/NOCC)C(C)(O)C(=CC1=N2)N5)C(C)=C4CCC(=O)NC(CC(=O)O)C(=O)O)C(CCC(=O)NC(CC(=O)O)C(=O)O)=C3C. The van der Waals surface area contributed by atoms with Gasteiger partial charge in [0, 0.05) is 35.9 Å². The minimum absolute atomic E-state index is 0.0180. The van der Waals surface area contributed by atoms with Crippen LogP contribution in [0.15, 0.2) is 132 Å². The van der Waals surface area contributed by atoms with Crippen molar-refractivity contribution >= 4 is 52.8 Å². The van der Waals surface area contributed by atoms with E-state index in [1.807, 2.05) is 6.92 Å². The summed E-state index contributed by atoms with van der Waals surface area (Å²) in [6, 6.07) is -3.31. The molecule has 63 heavy (non-hydrogen) atoms. The molecule has 0 aromatic rings. The van der Waals surface area contributed by atoms with E-state index in [0.717, 1.165) is 5.57 Å². The number of carboxylic acids is 4. The van der Waals surface area contributed by atoms with Crippen LogP contribution in [0.5, 0.6) is 0 Å². The molecule has 332 valence electrons. The minimum atomic E-state index is -1.66. The van der Waals surface area contributed by atoms with Crippen molar-refractivity contribution in [2.45, 2.75) is 90.8 Å². The molecule has 5 aliphatic heterocycles. The van der Waals surface area contributed by atoms with Crippen LogP contribution in [0.3, 0.4) is 0 Å². The van der Waals surface area contributed by atoms with Gasteiger partial charge in [0.25, 0.3) is 0 Å². The quantitative estimate of drug-likeness (QED) is 0.0665. The molecule has 3 atom stereocenters. The van der Waals surface area contributed by atoms with Gasteiger partial charge in [-0.15, -0.1) is 0 Å². The number of rotatable bonds is 19. The van der Waals surface area contributed by atoms with Gasteiger partial charge >= 0.3 is 23.9 Å². The summed E-state index contributed by atoms with van der Waals surface area (Å²) in [5.41, 5.74) is 8.94. The molecule has 0 aromatic heterocycles. The number of nitrogens with one attached hydrogen (secondary N) is 4. The molecule has 8 bridgehead atoms. The number of allylic oxidation sites excluding steroid dienone is 11. The Morgan fingerprint density at radius 3 is 1.86 bits per heavy atom. The number of carboxylic acid groups (broad SMARTS) is 4. The van der Waals surface area contributed by atoms with Crippen LogP contribution in [-0.2, 0) is 33.6 Å². The lowest BCUT2D eigenvalue weighted by molar-refractivity contribution is -0.147. The molecule has 5 heterocycles. The third-order valence-corrected chi connectivity index (χ3v) is 10.8. The number of carbonyl (C=O) groups is 6. The third-order valence-electron chi connectivity index (χ3n) is 10.8. The van der Waals surface area contributed by atoms with Crippen molar-refractivity contribution in [3.05, 3.63) is 117 Å². The molecule has 0 radical (unpaired) electrons. The highest BCUT2D eigenvalue weighted by Crippen LogP contribution is 2.40. The highest BCUT2D eigenvalue weighted by Gasteiger charge is 2.39. The summed E-state index contributed by atoms with van der Waals surface area (Å²) in [4.78, 5) is 92.3. The van der Waals surface area contributed by atoms with Crippen molar-refractivity contribution in [3.8, 4) is 0 Å². The van der Waals surface area contributed by atoms with Crippen molar-refractivity contribution in [2.24, 2.45) is 15.0 Å². The smallest absolute Gasteiger partial charge is 0.326 e. The Morgan fingerprint density at radius 1 is 0.762 bits per heavy atom. The number of hydroxylamine groups is 1. The molecule has 0 saturated heterocycles. The van der Waals surface area contributed by atoms with Gasteiger partial charge in [-0.05, 0) is 106 Å². The normalized spacial score (nSPS) is 20.3. The fourth-order valence-electron chi connectivity index (χ4n) is 7.34. The van der Waals surface area contributed by atoms with Crippen LogP contribution in [0, 0.1) is 0 Å². The van der Waals surface area contributed by atoms with E-state index >= 15 is 0 Å². The number of aliphatic imine (C=N–C) groups is 3. The lowest BCUT2D eigenvalue weighted by atomic mass is 9.92. The molecule has 19 nitrogen and oxygen atoms in total. The molecule has 2 amide bonds. The maximum Gasteiger partial charge on any atom is 0.326 e. The molecule has 0 saturated carbocycles. The van der Waals surface area contributed by atoms with Gasteiger partial charge in [0.2, 0.25) is 11.8 Å². The fraction of sp³-hybridized carbons (Fsp3) is 0.341. The summed E-state index contributed by atoms with van der Waals surface area (Å²) in [7, 11) is 0. The summed E-state index contributed by atoms with van der Waals surface area (Å²) in [5.74, 6) is -7.24. The van der Waals surface area contributed by atoms with Gasteiger partial charge in [-0.3, -0.25) is 29.5 Å². The predicted molar refractivity (Wildman–Crippen MR) is 230 cm³/mol. The highest BCUT2D eigenvalue weighted by atomic mass is 16.6. The standard InChI is InChI=1S/C44H49N7O12/c1-7-24-21(3)28-15-29-22(4)25(9-11-38(52)50-35(42(58)59)19-40(54)55)31(46-29)17-32-26(10-12-39(53)51-36(43(60)61)20-41(56)57)23(5)30(47-32)16-34-27(13-14-45-63-8-2)44(6,62)37(49-34)18-33(24)48-28/h7,13-18,35-36,45,49,62H,1,8-12,19-20H2,2-6H3,(H,50,52)(H,51,53)(H,54,55)(H,56,57)(H,58,59)(H,60,61)/b14-13+,28-15?,30-16?,31-17?,37-18?. The van der Waals surface area contributed by atoms with E-state index in [-0.39, 0.29) is 25.7 Å². The van der Waals surface area contributed by atoms with Crippen LogP contribution in [0.1, 0.15) is 73.1 Å². The summed E-state index contributed by atoms with van der Waals surface area (Å²) in [6.07, 6.45) is 9.63. The monoisotopic (exact) mass is 867 g/mol. The Hall–Kier alpha value is -7.25. The largest absolute Gasteiger partial charge is 0.481 e. The van der Waals surface area contributed by atoms with Crippen molar-refractivity contribution in [2.75, 3.05) is 6.61 Å². The summed E-state index contributed by atoms with van der Waals surface area (Å²) in [5, 5.41) is 57.4. The highest BCUT2D eigenvalue weighted by molar-refractivity contribution is 6.18. The number of amides is 2. The molecule has 0 spiro atoms. The molecular weight excluding hydrogens is 819 g/mol. The van der Waals surface area contributed by atoms with E-state index in [2.05, 4.69) is 28.0 Å². The number of fused-ring (bicyclic) bond motifs is 5. The first-order valence-corrected chi connectivity index (χ1v) is 19.9. The molecule has 5 rings (SSSR count). The maximum absolute atomic E-state index is 13.1. The van der Waals surface area contributed by atoms with Gasteiger partial charge in [0.1, 0.15) is 17.7 Å². The predicted octanol–water partition coefficient (Wildman–Crippen LogP) is 3.35. The van der Waals surface area contributed by atoms with Crippen LogP contribution in [0.4, 0.5) is 0 Å². The lowest BCUT2D eigenvalue weighted by Gasteiger charge is -2.21. The Kier molecular flexibility index (Phi) is 14.6. The van der Waals surface area contributed by atoms with E-state index < -0.39 is 66.2 Å². The van der Waals surface area contributed by atoms with E-state index in [1.165, 1.54) is 6.20 Å². The zero-order valence-electron chi connectivity index (χ0n) is 35.3. The zero-order valence-corrected chi connectivity index (χ0v) is 35.3. The van der Waals surface area contributed by atoms with Crippen LogP contribution in [-0.4, -0.2) is 103 Å². The first-order chi connectivity index (χ1) is 29.7. The number of carbonyl (C=O) groups excluding carboxylic acids is 2. The molecule has 5 aliphatic rings. The molecule has 19 heteroatoms. The Balaban J connectivity index is 1.67. The van der Waals surface area contributed by atoms with E-state index in [4.69, 9.17) is 19.8 Å². The molecule has 0 aliphatic carbocycles. The van der Waals surface area contributed by atoms with Gasteiger partial charge in [0.15, 0.2) is 0 Å². The fourth-order valence-corrected chi connectivity index (χ4v) is 7.34. The number of hydrogen-bond acceptors (Lipinski definition) is 13. The zero-order chi connectivity index (χ0) is 46.3. The first-order valence-electron chi connectivity index (χ1n) is 19.9. The lowest BCUT2D eigenvalue weighted by Crippen LogP contribution is -2.42. The number of aliphatic carboxylic acids is 4. The third kappa shape index (κ3) is 10.8. The van der Waals surface area contributed by atoms with E-state index in [9.17, 15) is 54.3 Å². The number of nitrogens with zero attached hydrogens (tertiary/aromatic N) is 3. The average Bonchev–Trinajstić information content (AvgIpc) is 3.84. The van der Waals surface area contributed by atoms with Gasteiger partial charge in [0.05, 0.1) is 59.4 Å².